The molecule has 1 atom stereocenters. The molecule has 3 nitrogen and oxygen atoms in total. The Morgan fingerprint density at radius 1 is 1.11 bits per heavy atom. The minimum atomic E-state index is 0.383. The van der Waals surface area contributed by atoms with Crippen molar-refractivity contribution in [3.63, 3.8) is 0 Å². The Morgan fingerprint density at radius 3 is 2.56 bits per heavy atom. The van der Waals surface area contributed by atoms with E-state index >= 15 is 0 Å². The quantitative estimate of drug-likeness (QED) is 0.821. The summed E-state index contributed by atoms with van der Waals surface area (Å²) in [6.45, 7) is 3.19. The van der Waals surface area contributed by atoms with Gasteiger partial charge < -0.3 is 10.6 Å². The van der Waals surface area contributed by atoms with E-state index in [0.717, 1.165) is 38.6 Å². The van der Waals surface area contributed by atoms with E-state index < -0.39 is 0 Å². The number of carbonyl (C=O) groups excluding carboxylic acids is 1. The molecule has 18 heavy (non-hydrogen) atoms. The standard InChI is InChI=1S/C15H28N2O/c1-12-5-3-2-4-10-17(12)15(18)11-13-6-8-14(16)9-7-13/h12-14H,2-11,16H2,1H3. The first-order valence-corrected chi connectivity index (χ1v) is 7.72. The van der Waals surface area contributed by atoms with Crippen molar-refractivity contribution in [2.24, 2.45) is 11.7 Å². The molecule has 0 spiro atoms. The molecule has 1 amide bonds. The van der Waals surface area contributed by atoms with Crippen molar-refractivity contribution >= 4 is 5.91 Å². The van der Waals surface area contributed by atoms with Crippen molar-refractivity contribution in [1.82, 2.24) is 4.90 Å². The van der Waals surface area contributed by atoms with Gasteiger partial charge in [-0.15, -0.1) is 0 Å². The molecular formula is C15H28N2O. The third kappa shape index (κ3) is 3.71. The van der Waals surface area contributed by atoms with Crippen molar-refractivity contribution < 1.29 is 4.79 Å². The van der Waals surface area contributed by atoms with Gasteiger partial charge in [-0.2, -0.15) is 0 Å². The van der Waals surface area contributed by atoms with Crippen LogP contribution in [0.5, 0.6) is 0 Å². The predicted octanol–water partition coefficient (Wildman–Crippen LogP) is 2.69. The molecule has 0 aromatic rings. The monoisotopic (exact) mass is 252 g/mol. The second kappa shape index (κ2) is 6.55. The lowest BCUT2D eigenvalue weighted by Crippen LogP contribution is -2.39. The predicted molar refractivity (Wildman–Crippen MR) is 74.2 cm³/mol. The Bertz CT molecular complexity index is 272. The fourth-order valence-electron chi connectivity index (χ4n) is 3.40. The van der Waals surface area contributed by atoms with Crippen LogP contribution in [0.1, 0.15) is 64.7 Å². The lowest BCUT2D eigenvalue weighted by molar-refractivity contribution is -0.134. The first kappa shape index (κ1) is 13.9. The number of nitrogens with zero attached hydrogens (tertiary/aromatic N) is 1. The van der Waals surface area contributed by atoms with Gasteiger partial charge in [0.1, 0.15) is 0 Å². The maximum Gasteiger partial charge on any atom is 0.223 e. The molecule has 0 aromatic heterocycles. The van der Waals surface area contributed by atoms with Gasteiger partial charge in [0.25, 0.3) is 0 Å². The largest absolute Gasteiger partial charge is 0.340 e. The van der Waals surface area contributed by atoms with Crippen LogP contribution in [-0.4, -0.2) is 29.4 Å². The topological polar surface area (TPSA) is 46.3 Å². The van der Waals surface area contributed by atoms with Gasteiger partial charge in [-0.05, 0) is 51.4 Å². The second-order valence-electron chi connectivity index (χ2n) is 6.27. The van der Waals surface area contributed by atoms with Crippen LogP contribution in [-0.2, 0) is 4.79 Å². The summed E-state index contributed by atoms with van der Waals surface area (Å²) in [5.41, 5.74) is 5.92. The average molecular weight is 252 g/mol. The Kier molecular flexibility index (Phi) is 5.04. The highest BCUT2D eigenvalue weighted by atomic mass is 16.2. The summed E-state index contributed by atoms with van der Waals surface area (Å²) in [6.07, 6.45) is 10.2. The van der Waals surface area contributed by atoms with E-state index in [1.165, 1.54) is 25.7 Å². The van der Waals surface area contributed by atoms with Gasteiger partial charge in [0.2, 0.25) is 5.91 Å². The van der Waals surface area contributed by atoms with Crippen LogP contribution in [0.2, 0.25) is 0 Å². The molecule has 2 aliphatic rings. The Morgan fingerprint density at radius 2 is 1.83 bits per heavy atom. The zero-order valence-electron chi connectivity index (χ0n) is 11.7. The maximum absolute atomic E-state index is 12.4. The molecule has 1 aliphatic carbocycles. The van der Waals surface area contributed by atoms with Gasteiger partial charge in [-0.3, -0.25) is 4.79 Å². The van der Waals surface area contributed by atoms with Crippen LogP contribution in [0.4, 0.5) is 0 Å². The van der Waals surface area contributed by atoms with Crippen LogP contribution in [0.3, 0.4) is 0 Å². The Labute approximate surface area is 111 Å². The summed E-state index contributed by atoms with van der Waals surface area (Å²) in [7, 11) is 0. The molecule has 1 aliphatic heterocycles. The molecule has 104 valence electrons. The van der Waals surface area contributed by atoms with Crippen molar-refractivity contribution in [3.8, 4) is 0 Å². The molecule has 0 radical (unpaired) electrons. The number of nitrogens with two attached hydrogens (primary N) is 1. The highest BCUT2D eigenvalue weighted by molar-refractivity contribution is 5.76. The van der Waals surface area contributed by atoms with E-state index in [9.17, 15) is 4.79 Å². The summed E-state index contributed by atoms with van der Waals surface area (Å²) in [6, 6.07) is 0.833. The van der Waals surface area contributed by atoms with E-state index in [0.29, 0.717) is 23.9 Å². The summed E-state index contributed by atoms with van der Waals surface area (Å²) in [5, 5.41) is 0. The molecule has 2 rings (SSSR count). The van der Waals surface area contributed by atoms with Crippen molar-refractivity contribution in [2.75, 3.05) is 6.54 Å². The van der Waals surface area contributed by atoms with Crippen molar-refractivity contribution in [1.29, 1.82) is 0 Å². The van der Waals surface area contributed by atoms with E-state index in [-0.39, 0.29) is 0 Å². The number of hydrogen-bond donors (Lipinski definition) is 1. The molecular weight excluding hydrogens is 224 g/mol. The van der Waals surface area contributed by atoms with E-state index in [1.807, 2.05) is 0 Å². The van der Waals surface area contributed by atoms with E-state index in [4.69, 9.17) is 5.73 Å². The third-order valence-electron chi connectivity index (χ3n) is 4.73. The summed E-state index contributed by atoms with van der Waals surface area (Å²) >= 11 is 0. The van der Waals surface area contributed by atoms with Gasteiger partial charge in [-0.25, -0.2) is 0 Å². The van der Waals surface area contributed by atoms with Crippen LogP contribution in [0.25, 0.3) is 0 Å². The number of hydrogen-bond acceptors (Lipinski definition) is 2. The van der Waals surface area contributed by atoms with Gasteiger partial charge in [0.05, 0.1) is 0 Å². The van der Waals surface area contributed by atoms with Crippen LogP contribution >= 0.6 is 0 Å². The Hall–Kier alpha value is -0.570. The van der Waals surface area contributed by atoms with E-state index in [1.54, 1.807) is 0 Å². The molecule has 1 saturated carbocycles. The number of amides is 1. The van der Waals surface area contributed by atoms with Crippen LogP contribution in [0, 0.1) is 5.92 Å². The lowest BCUT2D eigenvalue weighted by atomic mass is 9.84. The van der Waals surface area contributed by atoms with Crippen LogP contribution in [0.15, 0.2) is 0 Å². The number of likely N-dealkylation sites (tertiary alicyclic amines) is 1. The smallest absolute Gasteiger partial charge is 0.223 e. The molecule has 1 heterocycles. The minimum absolute atomic E-state index is 0.383. The highest BCUT2D eigenvalue weighted by Crippen LogP contribution is 2.27. The lowest BCUT2D eigenvalue weighted by Gasteiger charge is -2.31. The molecule has 0 aromatic carbocycles. The SMILES string of the molecule is CC1CCCCCN1C(=O)CC1CCC(N)CC1. The van der Waals surface area contributed by atoms with Gasteiger partial charge in [0, 0.05) is 25.0 Å². The molecule has 3 heteroatoms. The maximum atomic E-state index is 12.4. The number of carbonyl (C=O) groups is 1. The normalized spacial score (nSPS) is 34.1. The first-order valence-electron chi connectivity index (χ1n) is 7.72. The zero-order valence-corrected chi connectivity index (χ0v) is 11.7. The number of rotatable bonds is 2. The van der Waals surface area contributed by atoms with Crippen LogP contribution < -0.4 is 5.73 Å². The zero-order chi connectivity index (χ0) is 13.0. The summed E-state index contributed by atoms with van der Waals surface area (Å²) < 4.78 is 0. The minimum Gasteiger partial charge on any atom is -0.340 e. The van der Waals surface area contributed by atoms with E-state index in [2.05, 4.69) is 11.8 Å². The Balaban J connectivity index is 1.82. The van der Waals surface area contributed by atoms with Gasteiger partial charge in [0.15, 0.2) is 0 Å². The van der Waals surface area contributed by atoms with Gasteiger partial charge >= 0.3 is 0 Å². The molecule has 2 fully saturated rings. The summed E-state index contributed by atoms with van der Waals surface area (Å²) in [4.78, 5) is 14.5. The molecule has 1 saturated heterocycles. The molecule has 0 bridgehead atoms. The second-order valence-corrected chi connectivity index (χ2v) is 6.27. The van der Waals surface area contributed by atoms with Crippen molar-refractivity contribution in [3.05, 3.63) is 0 Å². The molecule has 1 unspecified atom stereocenters. The molecule has 2 N–H and O–H groups in total. The third-order valence-corrected chi connectivity index (χ3v) is 4.73. The highest BCUT2D eigenvalue weighted by Gasteiger charge is 2.26. The fraction of sp³-hybridized carbons (Fsp3) is 0.933. The van der Waals surface area contributed by atoms with Gasteiger partial charge in [-0.1, -0.05) is 12.8 Å². The fourth-order valence-corrected chi connectivity index (χ4v) is 3.40. The summed E-state index contributed by atoms with van der Waals surface area (Å²) in [5.74, 6) is 0.984. The van der Waals surface area contributed by atoms with Crippen molar-refractivity contribution in [2.45, 2.75) is 76.8 Å². The first-order chi connectivity index (χ1) is 8.66. The average Bonchev–Trinajstić information content (AvgIpc) is 2.57.